The lowest BCUT2D eigenvalue weighted by molar-refractivity contribution is 0.190. The van der Waals surface area contributed by atoms with Gasteiger partial charge in [-0.25, -0.2) is 0 Å². The van der Waals surface area contributed by atoms with E-state index in [9.17, 15) is 0 Å². The van der Waals surface area contributed by atoms with E-state index in [1.54, 1.807) is 13.4 Å². The maximum atomic E-state index is 5.93. The van der Waals surface area contributed by atoms with Crippen LogP contribution in [-0.4, -0.2) is 32.8 Å². The summed E-state index contributed by atoms with van der Waals surface area (Å²) in [5, 5.41) is 3.32. The lowest BCUT2D eigenvalue weighted by Crippen LogP contribution is -2.34. The monoisotopic (exact) mass is 226 g/mol. The molecule has 92 valence electrons. The van der Waals surface area contributed by atoms with Crippen molar-refractivity contribution in [1.82, 2.24) is 5.32 Å². The van der Waals surface area contributed by atoms with E-state index in [4.69, 9.17) is 14.9 Å². The second-order valence-electron chi connectivity index (χ2n) is 3.93. The number of nitrogens with two attached hydrogens (primary N) is 1. The maximum Gasteiger partial charge on any atom is 0.105 e. The third-order valence-corrected chi connectivity index (χ3v) is 2.46. The van der Waals surface area contributed by atoms with Gasteiger partial charge in [0.25, 0.3) is 0 Å². The largest absolute Gasteiger partial charge is 0.469 e. The fraction of sp³-hybridized carbons (Fsp3) is 0.667. The maximum absolute atomic E-state index is 5.93. The third-order valence-electron chi connectivity index (χ3n) is 2.46. The van der Waals surface area contributed by atoms with Crippen LogP contribution in [0.1, 0.15) is 18.6 Å². The van der Waals surface area contributed by atoms with Gasteiger partial charge in [0.05, 0.1) is 6.26 Å². The van der Waals surface area contributed by atoms with E-state index >= 15 is 0 Å². The number of rotatable bonds is 9. The summed E-state index contributed by atoms with van der Waals surface area (Å²) >= 11 is 0. The fourth-order valence-electron chi connectivity index (χ4n) is 1.55. The molecule has 4 heteroatoms. The molecular formula is C12H22N2O2. The first-order chi connectivity index (χ1) is 7.83. The second kappa shape index (κ2) is 8.33. The number of hydrogen-bond acceptors (Lipinski definition) is 4. The molecule has 0 fully saturated rings. The van der Waals surface area contributed by atoms with Crippen LogP contribution < -0.4 is 11.1 Å². The molecule has 1 unspecified atom stereocenters. The summed E-state index contributed by atoms with van der Waals surface area (Å²) < 4.78 is 10.2. The molecule has 1 atom stereocenters. The molecule has 0 aliphatic rings. The van der Waals surface area contributed by atoms with E-state index < -0.39 is 0 Å². The summed E-state index contributed by atoms with van der Waals surface area (Å²) in [7, 11) is 1.72. The Bertz CT molecular complexity index is 250. The molecule has 0 amide bonds. The number of methoxy groups -OCH3 is 1. The molecule has 1 rings (SSSR count). The molecule has 16 heavy (non-hydrogen) atoms. The number of nitrogens with one attached hydrogen (secondary N) is 1. The van der Waals surface area contributed by atoms with Gasteiger partial charge in [-0.3, -0.25) is 0 Å². The predicted molar refractivity (Wildman–Crippen MR) is 64.4 cm³/mol. The molecule has 1 aromatic rings. The minimum atomic E-state index is 0.215. The number of furan rings is 1. The zero-order valence-corrected chi connectivity index (χ0v) is 9.95. The van der Waals surface area contributed by atoms with Gasteiger partial charge in [-0.2, -0.15) is 0 Å². The van der Waals surface area contributed by atoms with Crippen molar-refractivity contribution < 1.29 is 9.15 Å². The van der Waals surface area contributed by atoms with Crippen molar-refractivity contribution in [3.63, 3.8) is 0 Å². The van der Waals surface area contributed by atoms with Gasteiger partial charge in [0.1, 0.15) is 5.76 Å². The van der Waals surface area contributed by atoms with Gasteiger partial charge in [0.15, 0.2) is 0 Å². The van der Waals surface area contributed by atoms with Crippen LogP contribution in [-0.2, 0) is 11.2 Å². The van der Waals surface area contributed by atoms with E-state index in [0.29, 0.717) is 0 Å². The highest BCUT2D eigenvalue weighted by molar-refractivity contribution is 4.98. The van der Waals surface area contributed by atoms with Crippen LogP contribution in [0.5, 0.6) is 0 Å². The Labute approximate surface area is 97.1 Å². The van der Waals surface area contributed by atoms with Gasteiger partial charge in [-0.15, -0.1) is 0 Å². The van der Waals surface area contributed by atoms with Gasteiger partial charge >= 0.3 is 0 Å². The highest BCUT2D eigenvalue weighted by atomic mass is 16.5. The summed E-state index contributed by atoms with van der Waals surface area (Å²) in [5.74, 6) is 1.01. The Balaban J connectivity index is 1.94. The van der Waals surface area contributed by atoms with Gasteiger partial charge in [-0.05, 0) is 25.0 Å². The molecule has 0 saturated carbocycles. The Morgan fingerprint density at radius 3 is 3.12 bits per heavy atom. The van der Waals surface area contributed by atoms with Crippen molar-refractivity contribution in [3.05, 3.63) is 24.2 Å². The molecule has 0 aliphatic carbocycles. The van der Waals surface area contributed by atoms with Crippen molar-refractivity contribution in [3.8, 4) is 0 Å². The molecule has 0 spiro atoms. The van der Waals surface area contributed by atoms with Crippen LogP contribution in [0, 0.1) is 0 Å². The van der Waals surface area contributed by atoms with E-state index in [1.165, 1.54) is 0 Å². The summed E-state index contributed by atoms with van der Waals surface area (Å²) in [6.07, 6.45) is 4.64. The molecule has 0 saturated heterocycles. The average Bonchev–Trinajstić information content (AvgIpc) is 2.78. The third kappa shape index (κ3) is 5.90. The second-order valence-corrected chi connectivity index (χ2v) is 3.93. The summed E-state index contributed by atoms with van der Waals surface area (Å²) in [5.41, 5.74) is 5.93. The molecule has 1 heterocycles. The molecular weight excluding hydrogens is 204 g/mol. The Morgan fingerprint density at radius 2 is 2.44 bits per heavy atom. The number of ether oxygens (including phenoxy) is 1. The topological polar surface area (TPSA) is 60.4 Å². The lowest BCUT2D eigenvalue weighted by atomic mass is 10.2. The zero-order chi connectivity index (χ0) is 11.6. The highest BCUT2D eigenvalue weighted by Crippen LogP contribution is 1.99. The van der Waals surface area contributed by atoms with Crippen LogP contribution in [0.3, 0.4) is 0 Å². The van der Waals surface area contributed by atoms with E-state index in [2.05, 4.69) is 5.32 Å². The Morgan fingerprint density at radius 1 is 1.56 bits per heavy atom. The molecule has 1 aromatic heterocycles. The summed E-state index contributed by atoms with van der Waals surface area (Å²) in [6, 6.07) is 4.11. The molecule has 0 radical (unpaired) electrons. The van der Waals surface area contributed by atoms with Crippen LogP contribution >= 0.6 is 0 Å². The minimum Gasteiger partial charge on any atom is -0.469 e. The van der Waals surface area contributed by atoms with Crippen LogP contribution in [0.4, 0.5) is 0 Å². The predicted octanol–water partition coefficient (Wildman–Crippen LogP) is 1.17. The average molecular weight is 226 g/mol. The first-order valence-corrected chi connectivity index (χ1v) is 5.80. The smallest absolute Gasteiger partial charge is 0.105 e. The molecule has 0 bridgehead atoms. The van der Waals surface area contributed by atoms with Crippen molar-refractivity contribution in [2.75, 3.05) is 26.8 Å². The van der Waals surface area contributed by atoms with Crippen LogP contribution in [0.25, 0.3) is 0 Å². The summed E-state index contributed by atoms with van der Waals surface area (Å²) in [4.78, 5) is 0. The van der Waals surface area contributed by atoms with Crippen LogP contribution in [0.2, 0.25) is 0 Å². The highest BCUT2D eigenvalue weighted by Gasteiger charge is 2.01. The zero-order valence-electron chi connectivity index (χ0n) is 9.95. The van der Waals surface area contributed by atoms with Gasteiger partial charge < -0.3 is 20.2 Å². The van der Waals surface area contributed by atoms with E-state index in [-0.39, 0.29) is 6.04 Å². The Hall–Kier alpha value is -0.840. The van der Waals surface area contributed by atoms with E-state index in [1.807, 2.05) is 12.1 Å². The van der Waals surface area contributed by atoms with Crippen LogP contribution in [0.15, 0.2) is 22.8 Å². The first-order valence-electron chi connectivity index (χ1n) is 5.80. The molecule has 4 nitrogen and oxygen atoms in total. The number of hydrogen-bond donors (Lipinski definition) is 2. The van der Waals surface area contributed by atoms with E-state index in [0.717, 1.165) is 44.7 Å². The van der Waals surface area contributed by atoms with Gasteiger partial charge in [-0.1, -0.05) is 0 Å². The SMILES string of the molecule is COCCCC(N)CNCCc1ccco1. The quantitative estimate of drug-likeness (QED) is 0.620. The van der Waals surface area contributed by atoms with Crippen molar-refractivity contribution in [1.29, 1.82) is 0 Å². The molecule has 0 aromatic carbocycles. The normalized spacial score (nSPS) is 12.9. The fourth-order valence-corrected chi connectivity index (χ4v) is 1.55. The van der Waals surface area contributed by atoms with Crippen molar-refractivity contribution in [2.45, 2.75) is 25.3 Å². The lowest BCUT2D eigenvalue weighted by Gasteiger charge is -2.11. The van der Waals surface area contributed by atoms with Gasteiger partial charge in [0, 0.05) is 39.3 Å². The van der Waals surface area contributed by atoms with Crippen molar-refractivity contribution in [2.24, 2.45) is 5.73 Å². The summed E-state index contributed by atoms with van der Waals surface area (Å²) in [6.45, 7) is 2.55. The van der Waals surface area contributed by atoms with Gasteiger partial charge in [0.2, 0.25) is 0 Å². The Kier molecular flexibility index (Phi) is 6.88. The molecule has 3 N–H and O–H groups in total. The minimum absolute atomic E-state index is 0.215. The standard InChI is InChI=1S/C12H22N2O2/c1-15-8-2-4-11(13)10-14-7-6-12-5-3-9-16-12/h3,5,9,11,14H,2,4,6-8,10,13H2,1H3. The molecule has 0 aliphatic heterocycles. The van der Waals surface area contributed by atoms with Crippen molar-refractivity contribution >= 4 is 0 Å². The first kappa shape index (κ1) is 13.2.